The molecule has 3 heterocycles. The molecular formula is C19H14ClFN4O2. The van der Waals surface area contributed by atoms with Crippen LogP contribution in [0.5, 0.6) is 0 Å². The third-order valence-electron chi connectivity index (χ3n) is 4.17. The Hall–Kier alpha value is -3.19. The molecule has 0 aliphatic carbocycles. The lowest BCUT2D eigenvalue weighted by molar-refractivity contribution is 0.563. The van der Waals surface area contributed by atoms with E-state index in [0.29, 0.717) is 16.6 Å². The van der Waals surface area contributed by atoms with E-state index in [-0.39, 0.29) is 16.6 Å². The molecule has 0 saturated heterocycles. The predicted octanol–water partition coefficient (Wildman–Crippen LogP) is 4.54. The third-order valence-corrected chi connectivity index (χ3v) is 4.38. The zero-order valence-corrected chi connectivity index (χ0v) is 14.9. The summed E-state index contributed by atoms with van der Waals surface area (Å²) in [6.07, 6.45) is 4.86. The average Bonchev–Trinajstić information content (AvgIpc) is 3.11. The third kappa shape index (κ3) is 3.41. The number of aromatic nitrogens is 3. The molecule has 1 atom stereocenters. The molecule has 4 aromatic rings. The van der Waals surface area contributed by atoms with Crippen molar-refractivity contribution in [1.82, 2.24) is 15.0 Å². The van der Waals surface area contributed by atoms with Gasteiger partial charge in [0, 0.05) is 33.9 Å². The highest BCUT2D eigenvalue weighted by molar-refractivity contribution is 6.31. The molecule has 1 aromatic carbocycles. The summed E-state index contributed by atoms with van der Waals surface area (Å²) in [6.45, 7) is 1.78. The number of anilines is 1. The monoisotopic (exact) mass is 384 g/mol. The maximum absolute atomic E-state index is 14.0. The number of hydrogen-bond acceptors (Lipinski definition) is 5. The minimum Gasteiger partial charge on any atom is -0.432 e. The molecule has 6 nitrogen and oxygen atoms in total. The van der Waals surface area contributed by atoms with Crippen molar-refractivity contribution in [1.29, 1.82) is 0 Å². The van der Waals surface area contributed by atoms with Crippen LogP contribution in [0.25, 0.3) is 22.2 Å². The van der Waals surface area contributed by atoms with Crippen LogP contribution in [0, 0.1) is 5.82 Å². The van der Waals surface area contributed by atoms with E-state index in [1.165, 1.54) is 6.26 Å². The molecule has 0 amide bonds. The number of benzene rings is 1. The maximum Gasteiger partial charge on any atom is 0.295 e. The Balaban J connectivity index is 1.64. The van der Waals surface area contributed by atoms with Crippen LogP contribution in [-0.4, -0.2) is 15.0 Å². The highest BCUT2D eigenvalue weighted by atomic mass is 35.5. The summed E-state index contributed by atoms with van der Waals surface area (Å²) in [6, 6.07) is 7.86. The Labute approximate surface area is 158 Å². The second-order valence-electron chi connectivity index (χ2n) is 6.05. The molecule has 0 aliphatic rings. The minimum atomic E-state index is -0.574. The molecule has 0 bridgehead atoms. The molecule has 0 aliphatic heterocycles. The quantitative estimate of drug-likeness (QED) is 0.539. The first-order valence-corrected chi connectivity index (χ1v) is 8.53. The van der Waals surface area contributed by atoms with Crippen LogP contribution in [0.3, 0.4) is 0 Å². The van der Waals surface area contributed by atoms with E-state index in [9.17, 15) is 9.18 Å². The Bertz CT molecular complexity index is 1170. The number of aromatic amines is 1. The SMILES string of the molecule is C[C@H](Nc1nc(-c2cccnc2)co1)c1cc2cc(Cl)cc(F)c2[nH]c1=O. The number of nitrogens with one attached hydrogen (secondary N) is 2. The predicted molar refractivity (Wildman–Crippen MR) is 101 cm³/mol. The van der Waals surface area contributed by atoms with Crippen LogP contribution in [0.15, 0.2) is 58.2 Å². The fourth-order valence-electron chi connectivity index (χ4n) is 2.83. The van der Waals surface area contributed by atoms with Gasteiger partial charge in [0.1, 0.15) is 17.8 Å². The summed E-state index contributed by atoms with van der Waals surface area (Å²) in [4.78, 5) is 23.3. The van der Waals surface area contributed by atoms with Gasteiger partial charge in [-0.1, -0.05) is 11.6 Å². The van der Waals surface area contributed by atoms with E-state index in [1.54, 1.807) is 37.5 Å². The van der Waals surface area contributed by atoms with Crippen LogP contribution < -0.4 is 10.9 Å². The highest BCUT2D eigenvalue weighted by Crippen LogP contribution is 2.25. The lowest BCUT2D eigenvalue weighted by Crippen LogP contribution is -2.19. The average molecular weight is 385 g/mol. The van der Waals surface area contributed by atoms with Crippen molar-refractivity contribution < 1.29 is 8.81 Å². The molecule has 4 rings (SSSR count). The maximum atomic E-state index is 14.0. The number of nitrogens with zero attached hydrogens (tertiary/aromatic N) is 2. The van der Waals surface area contributed by atoms with Gasteiger partial charge in [0.25, 0.3) is 11.6 Å². The molecule has 0 spiro atoms. The number of oxazole rings is 1. The van der Waals surface area contributed by atoms with Gasteiger partial charge in [-0.2, -0.15) is 4.98 Å². The fraction of sp³-hybridized carbons (Fsp3) is 0.105. The van der Waals surface area contributed by atoms with Gasteiger partial charge < -0.3 is 14.7 Å². The molecule has 27 heavy (non-hydrogen) atoms. The lowest BCUT2D eigenvalue weighted by atomic mass is 10.1. The Morgan fingerprint density at radius 2 is 2.19 bits per heavy atom. The molecule has 2 N–H and O–H groups in total. The summed E-state index contributed by atoms with van der Waals surface area (Å²) < 4.78 is 19.4. The second-order valence-corrected chi connectivity index (χ2v) is 6.49. The van der Waals surface area contributed by atoms with Crippen molar-refractivity contribution in [2.75, 3.05) is 5.32 Å². The summed E-state index contributed by atoms with van der Waals surface area (Å²) >= 11 is 5.91. The molecule has 0 radical (unpaired) electrons. The summed E-state index contributed by atoms with van der Waals surface area (Å²) in [5.41, 5.74) is 1.57. The molecule has 0 unspecified atom stereocenters. The van der Waals surface area contributed by atoms with Crippen molar-refractivity contribution in [3.8, 4) is 11.3 Å². The first kappa shape index (κ1) is 17.2. The van der Waals surface area contributed by atoms with E-state index in [2.05, 4.69) is 20.3 Å². The Kier molecular flexibility index (Phi) is 4.37. The van der Waals surface area contributed by atoms with Crippen molar-refractivity contribution in [3.05, 3.63) is 75.7 Å². The van der Waals surface area contributed by atoms with Crippen molar-refractivity contribution in [2.45, 2.75) is 13.0 Å². The van der Waals surface area contributed by atoms with Crippen molar-refractivity contribution in [3.63, 3.8) is 0 Å². The van der Waals surface area contributed by atoms with Crippen molar-refractivity contribution in [2.24, 2.45) is 0 Å². The van der Waals surface area contributed by atoms with Gasteiger partial charge in [0.2, 0.25) is 0 Å². The van der Waals surface area contributed by atoms with E-state index in [1.807, 2.05) is 6.07 Å². The number of pyridine rings is 2. The molecule has 0 saturated carbocycles. The topological polar surface area (TPSA) is 83.8 Å². The van der Waals surface area contributed by atoms with Crippen LogP contribution >= 0.6 is 11.6 Å². The Morgan fingerprint density at radius 1 is 1.33 bits per heavy atom. The van der Waals surface area contributed by atoms with Crippen LogP contribution in [0.4, 0.5) is 10.4 Å². The van der Waals surface area contributed by atoms with Gasteiger partial charge >= 0.3 is 0 Å². The molecule has 3 aromatic heterocycles. The summed E-state index contributed by atoms with van der Waals surface area (Å²) in [5, 5.41) is 3.80. The lowest BCUT2D eigenvalue weighted by Gasteiger charge is -2.12. The van der Waals surface area contributed by atoms with Gasteiger partial charge in [-0.05, 0) is 37.3 Å². The largest absolute Gasteiger partial charge is 0.432 e. The van der Waals surface area contributed by atoms with E-state index >= 15 is 0 Å². The molecular weight excluding hydrogens is 371 g/mol. The first-order valence-electron chi connectivity index (χ1n) is 8.15. The first-order chi connectivity index (χ1) is 13.0. The number of H-pyrrole nitrogens is 1. The van der Waals surface area contributed by atoms with Gasteiger partial charge in [0.05, 0.1) is 11.6 Å². The van der Waals surface area contributed by atoms with Crippen LogP contribution in [0.2, 0.25) is 5.02 Å². The number of rotatable bonds is 4. The van der Waals surface area contributed by atoms with Gasteiger partial charge in [-0.3, -0.25) is 9.78 Å². The van der Waals surface area contributed by atoms with E-state index in [4.69, 9.17) is 16.0 Å². The number of halogens is 2. The van der Waals surface area contributed by atoms with Gasteiger partial charge in [-0.25, -0.2) is 4.39 Å². The van der Waals surface area contributed by atoms with Gasteiger partial charge in [0.15, 0.2) is 0 Å². The molecule has 8 heteroatoms. The van der Waals surface area contributed by atoms with Crippen LogP contribution in [0.1, 0.15) is 18.5 Å². The van der Waals surface area contributed by atoms with Crippen molar-refractivity contribution >= 4 is 28.5 Å². The summed E-state index contributed by atoms with van der Waals surface area (Å²) in [5.74, 6) is -0.574. The van der Waals surface area contributed by atoms with E-state index < -0.39 is 17.4 Å². The Morgan fingerprint density at radius 3 is 2.96 bits per heavy atom. The second kappa shape index (κ2) is 6.85. The van der Waals surface area contributed by atoms with Gasteiger partial charge in [-0.15, -0.1) is 0 Å². The smallest absolute Gasteiger partial charge is 0.295 e. The summed E-state index contributed by atoms with van der Waals surface area (Å²) in [7, 11) is 0. The zero-order chi connectivity index (χ0) is 19.0. The molecule has 0 fully saturated rings. The number of hydrogen-bond donors (Lipinski definition) is 2. The van der Waals surface area contributed by atoms with Crippen LogP contribution in [-0.2, 0) is 0 Å². The van der Waals surface area contributed by atoms with E-state index in [0.717, 1.165) is 11.6 Å². The minimum absolute atomic E-state index is 0.121. The standard InChI is InChI=1S/C19H14ClFN4O2/c1-10(23-19-24-16(9-27-19)11-3-2-4-22-8-11)14-6-12-5-13(20)7-15(21)17(12)25-18(14)26/h2-10H,1H3,(H,23,24)(H,25,26)/t10-/m0/s1. The molecule has 136 valence electrons. The zero-order valence-electron chi connectivity index (χ0n) is 14.2. The fourth-order valence-corrected chi connectivity index (χ4v) is 3.04. The number of fused-ring (bicyclic) bond motifs is 1. The highest BCUT2D eigenvalue weighted by Gasteiger charge is 2.16. The normalized spacial score (nSPS) is 12.3.